The summed E-state index contributed by atoms with van der Waals surface area (Å²) in [5.74, 6) is -0.300. The number of anilines is 1. The van der Waals surface area contributed by atoms with Crippen LogP contribution in [0.1, 0.15) is 21.5 Å². The van der Waals surface area contributed by atoms with Gasteiger partial charge in [-0.2, -0.15) is 0 Å². The number of benzene rings is 2. The number of nitrogens with two attached hydrogens (primary N) is 1. The normalized spacial score (nSPS) is 11.7. The van der Waals surface area contributed by atoms with Gasteiger partial charge in [-0.3, -0.25) is 4.79 Å². The zero-order valence-corrected chi connectivity index (χ0v) is 15.0. The molecule has 1 heterocycles. The third-order valence-corrected chi connectivity index (χ3v) is 5.25. The SMILES string of the molecule is Cc1cc(S(N)(=O)=O)cc(NC(=O)c2cn(C)c3ccccc23)c1C. The number of amides is 1. The van der Waals surface area contributed by atoms with Crippen LogP contribution in [0.2, 0.25) is 0 Å². The lowest BCUT2D eigenvalue weighted by Gasteiger charge is -2.12. The molecule has 0 bridgehead atoms. The van der Waals surface area contributed by atoms with Crippen molar-refractivity contribution in [2.45, 2.75) is 18.7 Å². The van der Waals surface area contributed by atoms with E-state index in [9.17, 15) is 13.2 Å². The van der Waals surface area contributed by atoms with E-state index in [1.807, 2.05) is 42.8 Å². The van der Waals surface area contributed by atoms with E-state index in [1.54, 1.807) is 13.1 Å². The molecule has 0 unspecified atom stereocenters. The summed E-state index contributed by atoms with van der Waals surface area (Å²) in [5, 5.41) is 8.87. The van der Waals surface area contributed by atoms with E-state index in [0.717, 1.165) is 22.0 Å². The van der Waals surface area contributed by atoms with Crippen molar-refractivity contribution in [2.75, 3.05) is 5.32 Å². The molecule has 0 aliphatic heterocycles. The molecule has 6 nitrogen and oxygen atoms in total. The molecule has 0 radical (unpaired) electrons. The molecule has 3 rings (SSSR count). The van der Waals surface area contributed by atoms with Crippen molar-refractivity contribution < 1.29 is 13.2 Å². The highest BCUT2D eigenvalue weighted by Crippen LogP contribution is 2.26. The summed E-state index contributed by atoms with van der Waals surface area (Å²) < 4.78 is 25.2. The molecule has 0 atom stereocenters. The van der Waals surface area contributed by atoms with Gasteiger partial charge in [-0.05, 0) is 43.2 Å². The first-order chi connectivity index (χ1) is 11.7. The predicted octanol–water partition coefficient (Wildman–Crippen LogP) is 2.69. The highest BCUT2D eigenvalue weighted by atomic mass is 32.2. The Labute approximate surface area is 146 Å². The van der Waals surface area contributed by atoms with Gasteiger partial charge in [-0.15, -0.1) is 0 Å². The van der Waals surface area contributed by atoms with Crippen LogP contribution in [-0.4, -0.2) is 18.9 Å². The van der Waals surface area contributed by atoms with Gasteiger partial charge in [0, 0.05) is 29.8 Å². The van der Waals surface area contributed by atoms with Crippen molar-refractivity contribution >= 4 is 32.5 Å². The molecule has 130 valence electrons. The van der Waals surface area contributed by atoms with Crippen LogP contribution in [0.5, 0.6) is 0 Å². The van der Waals surface area contributed by atoms with Crippen LogP contribution in [-0.2, 0) is 17.1 Å². The molecule has 2 aromatic carbocycles. The van der Waals surface area contributed by atoms with Crippen LogP contribution in [0.4, 0.5) is 5.69 Å². The number of aromatic nitrogens is 1. The van der Waals surface area contributed by atoms with Crippen molar-refractivity contribution in [3.8, 4) is 0 Å². The lowest BCUT2D eigenvalue weighted by atomic mass is 10.1. The average molecular weight is 357 g/mol. The number of nitrogens with zero attached hydrogens (tertiary/aromatic N) is 1. The minimum atomic E-state index is -3.85. The highest BCUT2D eigenvalue weighted by molar-refractivity contribution is 7.89. The number of hydrogen-bond acceptors (Lipinski definition) is 3. The summed E-state index contributed by atoms with van der Waals surface area (Å²) in [7, 11) is -1.98. The summed E-state index contributed by atoms with van der Waals surface area (Å²) in [6.45, 7) is 3.60. The van der Waals surface area contributed by atoms with Gasteiger partial charge in [0.25, 0.3) is 5.91 Å². The molecule has 3 N–H and O–H groups in total. The lowest BCUT2D eigenvalue weighted by molar-refractivity contribution is 0.102. The number of carbonyl (C=O) groups excluding carboxylic acids is 1. The van der Waals surface area contributed by atoms with Gasteiger partial charge in [0.1, 0.15) is 0 Å². The van der Waals surface area contributed by atoms with Gasteiger partial charge in [-0.1, -0.05) is 18.2 Å². The molecule has 0 fully saturated rings. The third-order valence-electron chi connectivity index (χ3n) is 4.36. The summed E-state index contributed by atoms with van der Waals surface area (Å²) in [4.78, 5) is 12.7. The average Bonchev–Trinajstić information content (AvgIpc) is 2.88. The van der Waals surface area contributed by atoms with Crippen molar-refractivity contribution in [1.29, 1.82) is 0 Å². The van der Waals surface area contributed by atoms with Gasteiger partial charge < -0.3 is 9.88 Å². The van der Waals surface area contributed by atoms with Crippen molar-refractivity contribution in [3.63, 3.8) is 0 Å². The molecule has 25 heavy (non-hydrogen) atoms. The summed E-state index contributed by atoms with van der Waals surface area (Å²) >= 11 is 0. The smallest absolute Gasteiger partial charge is 0.257 e. The molecular weight excluding hydrogens is 338 g/mol. The molecule has 0 saturated heterocycles. The van der Waals surface area contributed by atoms with Gasteiger partial charge in [-0.25, -0.2) is 13.6 Å². The standard InChI is InChI=1S/C18H19N3O3S/c1-11-8-13(25(19,23)24)9-16(12(11)2)20-18(22)15-10-21(3)17-7-5-4-6-14(15)17/h4-10H,1-3H3,(H,20,22)(H2,19,23,24). The molecule has 3 aromatic rings. The summed E-state index contributed by atoms with van der Waals surface area (Å²) in [6.07, 6.45) is 1.76. The Morgan fingerprint density at radius 1 is 1.16 bits per heavy atom. The molecule has 0 saturated carbocycles. The summed E-state index contributed by atoms with van der Waals surface area (Å²) in [5.41, 5.74) is 3.43. The third kappa shape index (κ3) is 3.16. The number of primary sulfonamides is 1. The summed E-state index contributed by atoms with van der Waals surface area (Å²) in [6, 6.07) is 10.5. The fourth-order valence-electron chi connectivity index (χ4n) is 2.83. The van der Waals surface area contributed by atoms with Gasteiger partial charge in [0.15, 0.2) is 0 Å². The largest absolute Gasteiger partial charge is 0.350 e. The first kappa shape index (κ1) is 17.2. The fourth-order valence-corrected chi connectivity index (χ4v) is 3.46. The van der Waals surface area contributed by atoms with Gasteiger partial charge >= 0.3 is 0 Å². The maximum atomic E-state index is 12.8. The van der Waals surface area contributed by atoms with Crippen LogP contribution < -0.4 is 10.5 Å². The van der Waals surface area contributed by atoms with E-state index >= 15 is 0 Å². The molecule has 0 aliphatic carbocycles. The number of sulfonamides is 1. The Hall–Kier alpha value is -2.64. The van der Waals surface area contributed by atoms with Crippen LogP contribution in [0.3, 0.4) is 0 Å². The molecular formula is C18H19N3O3S. The van der Waals surface area contributed by atoms with E-state index in [4.69, 9.17) is 5.14 Å². The fraction of sp³-hybridized carbons (Fsp3) is 0.167. The monoisotopic (exact) mass is 357 g/mol. The predicted molar refractivity (Wildman–Crippen MR) is 98.2 cm³/mol. The molecule has 0 aliphatic rings. The van der Waals surface area contributed by atoms with Gasteiger partial charge in [0.2, 0.25) is 10.0 Å². The quantitative estimate of drug-likeness (QED) is 0.754. The second-order valence-electron chi connectivity index (χ2n) is 6.08. The number of hydrogen-bond donors (Lipinski definition) is 2. The molecule has 1 aromatic heterocycles. The van der Waals surface area contributed by atoms with Crippen LogP contribution in [0.15, 0.2) is 47.5 Å². The minimum absolute atomic E-state index is 0.0242. The lowest BCUT2D eigenvalue weighted by Crippen LogP contribution is -2.16. The first-order valence-electron chi connectivity index (χ1n) is 7.68. The van der Waals surface area contributed by atoms with Crippen LogP contribution in [0.25, 0.3) is 10.9 Å². The van der Waals surface area contributed by atoms with E-state index < -0.39 is 10.0 Å². The Morgan fingerprint density at radius 2 is 1.84 bits per heavy atom. The number of para-hydroxylation sites is 1. The highest BCUT2D eigenvalue weighted by Gasteiger charge is 2.17. The minimum Gasteiger partial charge on any atom is -0.350 e. The first-order valence-corrected chi connectivity index (χ1v) is 9.22. The molecule has 7 heteroatoms. The number of fused-ring (bicyclic) bond motifs is 1. The van der Waals surface area contributed by atoms with Crippen LogP contribution in [0, 0.1) is 13.8 Å². The Bertz CT molecular complexity index is 1100. The van der Waals surface area contributed by atoms with E-state index in [2.05, 4.69) is 5.32 Å². The molecule has 0 spiro atoms. The number of rotatable bonds is 3. The Kier molecular flexibility index (Phi) is 4.14. The number of carbonyl (C=O) groups is 1. The zero-order valence-electron chi connectivity index (χ0n) is 14.2. The Morgan fingerprint density at radius 3 is 2.52 bits per heavy atom. The topological polar surface area (TPSA) is 94.2 Å². The number of nitrogens with one attached hydrogen (secondary N) is 1. The van der Waals surface area contributed by atoms with Crippen LogP contribution >= 0.6 is 0 Å². The van der Waals surface area contributed by atoms with Gasteiger partial charge in [0.05, 0.1) is 10.5 Å². The second-order valence-corrected chi connectivity index (χ2v) is 7.64. The van der Waals surface area contributed by atoms with E-state index in [1.165, 1.54) is 12.1 Å². The second kappa shape index (κ2) is 6.02. The number of aryl methyl sites for hydroxylation is 2. The molecule has 1 amide bonds. The van der Waals surface area contributed by atoms with E-state index in [-0.39, 0.29) is 10.8 Å². The zero-order chi connectivity index (χ0) is 18.4. The van der Waals surface area contributed by atoms with Crippen molar-refractivity contribution in [1.82, 2.24) is 4.57 Å². The maximum absolute atomic E-state index is 12.8. The Balaban J connectivity index is 2.05. The maximum Gasteiger partial charge on any atom is 0.257 e. The van der Waals surface area contributed by atoms with Crippen molar-refractivity contribution in [3.05, 3.63) is 59.3 Å². The van der Waals surface area contributed by atoms with E-state index in [0.29, 0.717) is 11.3 Å². The van der Waals surface area contributed by atoms with Crippen molar-refractivity contribution in [2.24, 2.45) is 12.2 Å².